The fraction of sp³-hybridized carbons (Fsp3) is 0.632. The zero-order chi connectivity index (χ0) is 14.9. The summed E-state index contributed by atoms with van der Waals surface area (Å²) in [5.41, 5.74) is 5.95. The summed E-state index contributed by atoms with van der Waals surface area (Å²) in [5, 5.41) is 3.29. The van der Waals surface area contributed by atoms with Crippen molar-refractivity contribution in [2.75, 3.05) is 19.6 Å². The van der Waals surface area contributed by atoms with Gasteiger partial charge in [0.15, 0.2) is 0 Å². The number of amides is 1. The van der Waals surface area contributed by atoms with Crippen LogP contribution in [0.15, 0.2) is 12.1 Å². The molecule has 0 radical (unpaired) electrons. The molecule has 3 aliphatic rings. The van der Waals surface area contributed by atoms with Gasteiger partial charge in [0.25, 0.3) is 0 Å². The van der Waals surface area contributed by atoms with Crippen molar-refractivity contribution in [1.82, 2.24) is 10.2 Å². The van der Waals surface area contributed by atoms with Crippen molar-refractivity contribution in [3.8, 4) is 0 Å². The van der Waals surface area contributed by atoms with Crippen molar-refractivity contribution in [1.29, 1.82) is 0 Å². The van der Waals surface area contributed by atoms with Crippen molar-refractivity contribution >= 4 is 5.91 Å². The Balaban J connectivity index is 0.00000156. The smallest absolute Gasteiger partial charge is 0.234 e. The highest BCUT2D eigenvalue weighted by Gasteiger charge is 2.27. The summed E-state index contributed by atoms with van der Waals surface area (Å²) in [6.07, 6.45) is 9.76. The highest BCUT2D eigenvalue weighted by Crippen LogP contribution is 2.36. The molecule has 1 unspecified atom stereocenters. The minimum absolute atomic E-state index is 0. The quantitative estimate of drug-likeness (QED) is 0.829. The lowest BCUT2D eigenvalue weighted by Gasteiger charge is -2.26. The van der Waals surface area contributed by atoms with Gasteiger partial charge in [-0.1, -0.05) is 18.6 Å². The largest absolute Gasteiger partial charge is 1.00 e. The Morgan fingerprint density at radius 1 is 1.00 bits per heavy atom. The van der Waals surface area contributed by atoms with Crippen LogP contribution in [-0.4, -0.2) is 30.4 Å². The predicted octanol–water partition coefficient (Wildman–Crippen LogP) is -0.231. The average molecular weight is 334 g/mol. The third kappa shape index (κ3) is 3.56. The van der Waals surface area contributed by atoms with Crippen LogP contribution in [0, 0.1) is 0 Å². The molecule has 1 aromatic rings. The van der Waals surface area contributed by atoms with Crippen LogP contribution in [-0.2, 0) is 24.1 Å². The van der Waals surface area contributed by atoms with Crippen molar-refractivity contribution in [3.63, 3.8) is 0 Å². The Hall–Kier alpha value is -1.06. The van der Waals surface area contributed by atoms with Gasteiger partial charge in [-0.3, -0.25) is 9.69 Å². The Morgan fingerprint density at radius 3 is 2.52 bits per heavy atom. The zero-order valence-corrected chi connectivity index (χ0v) is 14.5. The molecule has 1 N–H and O–H groups in total. The highest BCUT2D eigenvalue weighted by molar-refractivity contribution is 5.78. The molecule has 0 spiro atoms. The molecule has 1 atom stereocenters. The Labute approximate surface area is 145 Å². The Bertz CT molecular complexity index is 581. The van der Waals surface area contributed by atoms with E-state index in [4.69, 9.17) is 0 Å². The average Bonchev–Trinajstić information content (AvgIpc) is 3.13. The summed E-state index contributed by atoms with van der Waals surface area (Å²) in [4.78, 5) is 14.7. The molecule has 1 heterocycles. The van der Waals surface area contributed by atoms with Gasteiger partial charge in [0.1, 0.15) is 0 Å². The second-order valence-electron chi connectivity index (χ2n) is 7.17. The van der Waals surface area contributed by atoms with Crippen LogP contribution in [0.3, 0.4) is 0 Å². The number of aryl methyl sites for hydroxylation is 3. The minimum Gasteiger partial charge on any atom is -1.00 e. The lowest BCUT2D eigenvalue weighted by molar-refractivity contribution is -0.123. The van der Waals surface area contributed by atoms with Crippen LogP contribution in [0.2, 0.25) is 0 Å². The van der Waals surface area contributed by atoms with E-state index in [-0.39, 0.29) is 24.4 Å². The van der Waals surface area contributed by atoms with Crippen LogP contribution in [0.25, 0.3) is 0 Å². The first-order valence-corrected chi connectivity index (χ1v) is 8.96. The topological polar surface area (TPSA) is 32.3 Å². The molecule has 3 nitrogen and oxygen atoms in total. The molecule has 0 saturated carbocycles. The van der Waals surface area contributed by atoms with Crippen molar-refractivity contribution in [2.24, 2.45) is 0 Å². The molecule has 4 heteroatoms. The number of hydrogen-bond donors (Lipinski definition) is 1. The van der Waals surface area contributed by atoms with Crippen LogP contribution in [0.1, 0.15) is 60.4 Å². The van der Waals surface area contributed by atoms with Gasteiger partial charge in [0.2, 0.25) is 5.91 Å². The summed E-state index contributed by atoms with van der Waals surface area (Å²) >= 11 is 0. The number of halogens is 1. The molecular formula is C19H26ClN2O-. The van der Waals surface area contributed by atoms with E-state index in [1.54, 1.807) is 5.56 Å². The van der Waals surface area contributed by atoms with E-state index >= 15 is 0 Å². The molecule has 1 amide bonds. The van der Waals surface area contributed by atoms with E-state index in [1.807, 2.05) is 0 Å². The molecule has 1 aromatic carbocycles. The maximum absolute atomic E-state index is 12.4. The molecule has 1 fully saturated rings. The number of carbonyl (C=O) groups is 1. The third-order valence-corrected chi connectivity index (χ3v) is 5.58. The molecule has 1 saturated heterocycles. The maximum Gasteiger partial charge on any atom is 0.234 e. The molecule has 23 heavy (non-hydrogen) atoms. The van der Waals surface area contributed by atoms with Gasteiger partial charge < -0.3 is 17.7 Å². The number of fused-ring (bicyclic) bond motifs is 2. The number of nitrogens with one attached hydrogen (secondary N) is 1. The summed E-state index contributed by atoms with van der Waals surface area (Å²) in [6.45, 7) is 2.75. The first-order valence-electron chi connectivity index (χ1n) is 8.96. The summed E-state index contributed by atoms with van der Waals surface area (Å²) in [6, 6.07) is 5.04. The fourth-order valence-electron chi connectivity index (χ4n) is 4.40. The van der Waals surface area contributed by atoms with Crippen LogP contribution in [0.5, 0.6) is 0 Å². The molecule has 126 valence electrons. The summed E-state index contributed by atoms with van der Waals surface area (Å²) in [5.74, 6) is 0.209. The monoisotopic (exact) mass is 333 g/mol. The molecule has 0 aromatic heterocycles. The number of piperidine rings is 1. The Kier molecular flexibility index (Phi) is 5.27. The van der Waals surface area contributed by atoms with Crippen molar-refractivity contribution < 1.29 is 17.2 Å². The van der Waals surface area contributed by atoms with E-state index in [0.717, 1.165) is 25.9 Å². The first kappa shape index (κ1) is 16.8. The van der Waals surface area contributed by atoms with E-state index < -0.39 is 0 Å². The molecule has 1 aliphatic heterocycles. The lowest BCUT2D eigenvalue weighted by Crippen LogP contribution is -3.00. The summed E-state index contributed by atoms with van der Waals surface area (Å²) < 4.78 is 0. The number of nitrogens with zero attached hydrogens (tertiary/aromatic N) is 1. The molecular weight excluding hydrogens is 308 g/mol. The number of benzene rings is 1. The van der Waals surface area contributed by atoms with Crippen LogP contribution >= 0.6 is 0 Å². The third-order valence-electron chi connectivity index (χ3n) is 5.58. The second-order valence-corrected chi connectivity index (χ2v) is 7.17. The maximum atomic E-state index is 12.4. The standard InChI is InChI=1S/C19H26N2O.ClH/c22-19(13-21-9-2-1-3-10-21)20-18-8-7-16-11-14-5-4-6-15(14)12-17(16)18;/h11-12,18H,1-10,13H2,(H,20,22);1H/p-1. The van der Waals surface area contributed by atoms with E-state index in [2.05, 4.69) is 22.3 Å². The van der Waals surface area contributed by atoms with Gasteiger partial charge in [-0.05, 0) is 80.3 Å². The molecule has 4 rings (SSSR count). The van der Waals surface area contributed by atoms with Gasteiger partial charge in [-0.2, -0.15) is 0 Å². The van der Waals surface area contributed by atoms with Gasteiger partial charge in [-0.15, -0.1) is 0 Å². The summed E-state index contributed by atoms with van der Waals surface area (Å²) in [7, 11) is 0. The minimum atomic E-state index is 0. The Morgan fingerprint density at radius 2 is 1.74 bits per heavy atom. The highest BCUT2D eigenvalue weighted by atomic mass is 35.5. The van der Waals surface area contributed by atoms with Gasteiger partial charge in [0.05, 0.1) is 12.6 Å². The zero-order valence-electron chi connectivity index (χ0n) is 13.7. The SMILES string of the molecule is O=C(CN1CCCCC1)NC1CCc2cc3c(cc21)CCC3.[Cl-]. The first-order chi connectivity index (χ1) is 10.8. The van der Waals surface area contributed by atoms with Gasteiger partial charge in [0, 0.05) is 0 Å². The predicted molar refractivity (Wildman–Crippen MR) is 88.0 cm³/mol. The number of likely N-dealkylation sites (tertiary alicyclic amines) is 1. The van der Waals surface area contributed by atoms with Crippen LogP contribution < -0.4 is 17.7 Å². The number of rotatable bonds is 3. The van der Waals surface area contributed by atoms with E-state index in [9.17, 15) is 4.79 Å². The van der Waals surface area contributed by atoms with Crippen LogP contribution in [0.4, 0.5) is 0 Å². The van der Waals surface area contributed by atoms with E-state index in [1.165, 1.54) is 55.2 Å². The normalized spacial score (nSPS) is 23.0. The fourth-order valence-corrected chi connectivity index (χ4v) is 4.40. The molecule has 2 aliphatic carbocycles. The number of hydrogen-bond acceptors (Lipinski definition) is 2. The number of carbonyl (C=O) groups excluding carboxylic acids is 1. The van der Waals surface area contributed by atoms with Gasteiger partial charge in [-0.25, -0.2) is 0 Å². The molecule has 0 bridgehead atoms. The van der Waals surface area contributed by atoms with Crippen molar-refractivity contribution in [3.05, 3.63) is 34.4 Å². The van der Waals surface area contributed by atoms with Crippen molar-refractivity contribution in [2.45, 2.75) is 57.4 Å². The second kappa shape index (κ2) is 7.23. The van der Waals surface area contributed by atoms with E-state index in [0.29, 0.717) is 6.54 Å². The van der Waals surface area contributed by atoms with Gasteiger partial charge >= 0.3 is 0 Å². The lowest BCUT2D eigenvalue weighted by atomic mass is 10.0.